The Labute approximate surface area is 116 Å². The lowest BCUT2D eigenvalue weighted by molar-refractivity contribution is 0.115. The summed E-state index contributed by atoms with van der Waals surface area (Å²) in [6.45, 7) is 9.04. The molecule has 1 aliphatic heterocycles. The van der Waals surface area contributed by atoms with Crippen LogP contribution in [0, 0.1) is 19.8 Å². The number of phenols is 1. The van der Waals surface area contributed by atoms with Gasteiger partial charge >= 0.3 is 0 Å². The van der Waals surface area contributed by atoms with Gasteiger partial charge in [-0.25, -0.2) is 0 Å². The number of hydrogen-bond donors (Lipinski definition) is 2. The maximum atomic E-state index is 9.84. The number of phenolic OH excluding ortho intramolecular Hbond substituents is 1. The third kappa shape index (κ3) is 3.28. The first-order valence-corrected chi connectivity index (χ1v) is 7.24. The van der Waals surface area contributed by atoms with Gasteiger partial charge in [0.25, 0.3) is 0 Å². The molecule has 0 spiro atoms. The zero-order valence-corrected chi connectivity index (χ0v) is 12.3. The predicted molar refractivity (Wildman–Crippen MR) is 79.2 cm³/mol. The quantitative estimate of drug-likeness (QED) is 0.880. The highest BCUT2D eigenvalue weighted by atomic mass is 16.3. The molecule has 0 radical (unpaired) electrons. The minimum Gasteiger partial charge on any atom is -0.507 e. The van der Waals surface area contributed by atoms with Gasteiger partial charge in [-0.15, -0.1) is 0 Å². The normalized spacial score (nSPS) is 24.6. The van der Waals surface area contributed by atoms with Gasteiger partial charge in [-0.3, -0.25) is 4.90 Å². The smallest absolute Gasteiger partial charge is 0.121 e. The number of hydrogen-bond acceptors (Lipinski definition) is 3. The third-order valence-electron chi connectivity index (χ3n) is 4.31. The second-order valence-corrected chi connectivity index (χ2v) is 6.07. The minimum atomic E-state index is 0.423. The van der Waals surface area contributed by atoms with Crippen LogP contribution in [0.3, 0.4) is 0 Å². The van der Waals surface area contributed by atoms with Crippen molar-refractivity contribution in [2.75, 3.05) is 13.1 Å². The van der Waals surface area contributed by atoms with E-state index in [0.717, 1.165) is 36.7 Å². The summed E-state index contributed by atoms with van der Waals surface area (Å²) >= 11 is 0. The molecule has 1 fully saturated rings. The fourth-order valence-corrected chi connectivity index (χ4v) is 3.12. The van der Waals surface area contributed by atoms with Crippen molar-refractivity contribution in [3.05, 3.63) is 28.8 Å². The average Bonchev–Trinajstić information content (AvgIpc) is 2.38. The second-order valence-electron chi connectivity index (χ2n) is 6.07. The molecule has 106 valence electrons. The molecule has 0 amide bonds. The van der Waals surface area contributed by atoms with E-state index < -0.39 is 0 Å². The molecule has 19 heavy (non-hydrogen) atoms. The molecule has 1 aromatic carbocycles. The molecule has 0 aliphatic carbocycles. The molecule has 1 aliphatic rings. The lowest BCUT2D eigenvalue weighted by Crippen LogP contribution is -2.45. The van der Waals surface area contributed by atoms with Crippen LogP contribution < -0.4 is 5.73 Å². The first-order valence-electron chi connectivity index (χ1n) is 7.24. The van der Waals surface area contributed by atoms with E-state index >= 15 is 0 Å². The highest BCUT2D eigenvalue weighted by Gasteiger charge is 2.25. The number of nitrogens with zero attached hydrogens (tertiary/aromatic N) is 1. The van der Waals surface area contributed by atoms with E-state index in [-0.39, 0.29) is 0 Å². The van der Waals surface area contributed by atoms with E-state index in [0.29, 0.717) is 11.8 Å². The SMILES string of the molecule is Cc1cc(CN2CCC(C)CC2CN)cc(C)c1O. The number of benzene rings is 1. The molecule has 3 heteroatoms. The highest BCUT2D eigenvalue weighted by Crippen LogP contribution is 2.27. The van der Waals surface area contributed by atoms with Gasteiger partial charge in [0.05, 0.1) is 0 Å². The Morgan fingerprint density at radius 1 is 1.32 bits per heavy atom. The molecule has 3 N–H and O–H groups in total. The first kappa shape index (κ1) is 14.4. The summed E-state index contributed by atoms with van der Waals surface area (Å²) < 4.78 is 0. The molecule has 2 rings (SSSR count). The van der Waals surface area contributed by atoms with Gasteiger partial charge in [0.15, 0.2) is 0 Å². The van der Waals surface area contributed by atoms with Crippen LogP contribution in [-0.2, 0) is 6.54 Å². The maximum absolute atomic E-state index is 9.84. The van der Waals surface area contributed by atoms with E-state index in [1.54, 1.807) is 0 Å². The summed E-state index contributed by atoms with van der Waals surface area (Å²) in [5.74, 6) is 1.21. The van der Waals surface area contributed by atoms with Crippen molar-refractivity contribution in [1.82, 2.24) is 4.90 Å². The van der Waals surface area contributed by atoms with E-state index in [4.69, 9.17) is 5.73 Å². The van der Waals surface area contributed by atoms with Crippen molar-refractivity contribution in [2.45, 2.75) is 46.2 Å². The van der Waals surface area contributed by atoms with Crippen molar-refractivity contribution in [2.24, 2.45) is 11.7 Å². The van der Waals surface area contributed by atoms with Crippen LogP contribution in [0.2, 0.25) is 0 Å². The predicted octanol–water partition coefficient (Wildman–Crippen LogP) is 2.57. The number of piperidine rings is 1. The summed E-state index contributed by atoms with van der Waals surface area (Å²) in [6.07, 6.45) is 2.46. The van der Waals surface area contributed by atoms with Crippen LogP contribution in [0.1, 0.15) is 36.5 Å². The molecule has 0 saturated carbocycles. The molecule has 1 saturated heterocycles. The lowest BCUT2D eigenvalue weighted by Gasteiger charge is -2.38. The minimum absolute atomic E-state index is 0.423. The molecule has 3 nitrogen and oxygen atoms in total. The first-order chi connectivity index (χ1) is 9.01. The zero-order valence-electron chi connectivity index (χ0n) is 12.3. The molecular weight excluding hydrogens is 236 g/mol. The molecule has 2 unspecified atom stereocenters. The fourth-order valence-electron chi connectivity index (χ4n) is 3.12. The summed E-state index contributed by atoms with van der Waals surface area (Å²) in [5, 5.41) is 9.84. The van der Waals surface area contributed by atoms with Gasteiger partial charge in [-0.2, -0.15) is 0 Å². The van der Waals surface area contributed by atoms with E-state index in [1.165, 1.54) is 18.4 Å². The van der Waals surface area contributed by atoms with Crippen molar-refractivity contribution in [3.8, 4) is 5.75 Å². The number of nitrogens with two attached hydrogens (primary N) is 1. The van der Waals surface area contributed by atoms with Crippen LogP contribution in [0.5, 0.6) is 5.75 Å². The number of aryl methyl sites for hydroxylation is 2. The number of aromatic hydroxyl groups is 1. The van der Waals surface area contributed by atoms with Crippen LogP contribution in [0.15, 0.2) is 12.1 Å². The summed E-state index contributed by atoms with van der Waals surface area (Å²) in [6, 6.07) is 4.68. The van der Waals surface area contributed by atoms with E-state index in [9.17, 15) is 5.11 Å². The van der Waals surface area contributed by atoms with Crippen LogP contribution in [0.25, 0.3) is 0 Å². The summed E-state index contributed by atoms with van der Waals surface area (Å²) in [5.41, 5.74) is 9.12. The standard InChI is InChI=1S/C16H26N2O/c1-11-4-5-18(15(6-11)9-17)10-14-7-12(2)16(19)13(3)8-14/h7-8,11,15,19H,4-6,9-10,17H2,1-3H3. The lowest BCUT2D eigenvalue weighted by atomic mass is 9.92. The van der Waals surface area contributed by atoms with Crippen molar-refractivity contribution >= 4 is 0 Å². The largest absolute Gasteiger partial charge is 0.507 e. The Kier molecular flexibility index (Phi) is 4.48. The third-order valence-corrected chi connectivity index (χ3v) is 4.31. The Balaban J connectivity index is 2.12. The molecule has 1 aromatic rings. The summed E-state index contributed by atoms with van der Waals surface area (Å²) in [4.78, 5) is 2.49. The fraction of sp³-hybridized carbons (Fsp3) is 0.625. The molecule has 0 bridgehead atoms. The Bertz CT molecular complexity index is 421. The average molecular weight is 262 g/mol. The van der Waals surface area contributed by atoms with Crippen LogP contribution >= 0.6 is 0 Å². The van der Waals surface area contributed by atoms with Gasteiger partial charge in [0, 0.05) is 19.1 Å². The van der Waals surface area contributed by atoms with Crippen molar-refractivity contribution in [1.29, 1.82) is 0 Å². The van der Waals surface area contributed by atoms with E-state index in [2.05, 4.69) is 24.0 Å². The topological polar surface area (TPSA) is 49.5 Å². The van der Waals surface area contributed by atoms with Crippen LogP contribution in [-0.4, -0.2) is 29.1 Å². The number of likely N-dealkylation sites (tertiary alicyclic amines) is 1. The second kappa shape index (κ2) is 5.93. The monoisotopic (exact) mass is 262 g/mol. The molecule has 2 atom stereocenters. The van der Waals surface area contributed by atoms with Gasteiger partial charge in [0.1, 0.15) is 5.75 Å². The molecular formula is C16H26N2O. The van der Waals surface area contributed by atoms with Gasteiger partial charge in [-0.1, -0.05) is 19.1 Å². The van der Waals surface area contributed by atoms with Crippen molar-refractivity contribution < 1.29 is 5.11 Å². The van der Waals surface area contributed by atoms with E-state index in [1.807, 2.05) is 13.8 Å². The zero-order chi connectivity index (χ0) is 14.0. The maximum Gasteiger partial charge on any atom is 0.121 e. The van der Waals surface area contributed by atoms with Gasteiger partial charge < -0.3 is 10.8 Å². The molecule has 0 aromatic heterocycles. The Morgan fingerprint density at radius 2 is 1.95 bits per heavy atom. The molecule has 1 heterocycles. The Hall–Kier alpha value is -1.06. The van der Waals surface area contributed by atoms with Gasteiger partial charge in [0.2, 0.25) is 0 Å². The van der Waals surface area contributed by atoms with Gasteiger partial charge in [-0.05, 0) is 55.8 Å². The highest BCUT2D eigenvalue weighted by molar-refractivity contribution is 5.42. The number of rotatable bonds is 3. The van der Waals surface area contributed by atoms with Crippen LogP contribution in [0.4, 0.5) is 0 Å². The summed E-state index contributed by atoms with van der Waals surface area (Å²) in [7, 11) is 0. The van der Waals surface area contributed by atoms with Crippen molar-refractivity contribution in [3.63, 3.8) is 0 Å². The Morgan fingerprint density at radius 3 is 2.53 bits per heavy atom.